The van der Waals surface area contributed by atoms with Gasteiger partial charge in [0.25, 0.3) is 0 Å². The number of nitrogens with two attached hydrogens (primary N) is 1. The standard InChI is InChI=1S/C12H17FN2/c1-8(14)5-9-7-15(2)12-4-3-10(13)6-11(9)12/h3-4,6,8-9H,5,7,14H2,1-2H3. The lowest BCUT2D eigenvalue weighted by Crippen LogP contribution is -2.22. The molecule has 0 aliphatic carbocycles. The molecule has 0 radical (unpaired) electrons. The number of hydrogen-bond acceptors (Lipinski definition) is 2. The third kappa shape index (κ3) is 1.97. The highest BCUT2D eigenvalue weighted by Crippen LogP contribution is 2.37. The number of likely N-dealkylation sites (N-methyl/N-ethyl adjacent to an activating group) is 1. The minimum atomic E-state index is -0.154. The predicted molar refractivity (Wildman–Crippen MR) is 60.7 cm³/mol. The first-order valence-corrected chi connectivity index (χ1v) is 5.34. The third-order valence-corrected chi connectivity index (χ3v) is 2.99. The van der Waals surface area contributed by atoms with Gasteiger partial charge in [0.2, 0.25) is 0 Å². The van der Waals surface area contributed by atoms with E-state index in [1.54, 1.807) is 6.07 Å². The molecule has 15 heavy (non-hydrogen) atoms. The molecule has 3 heteroatoms. The molecule has 82 valence electrons. The summed E-state index contributed by atoms with van der Waals surface area (Å²) in [6, 6.07) is 5.18. The van der Waals surface area contributed by atoms with Gasteiger partial charge in [-0.3, -0.25) is 0 Å². The lowest BCUT2D eigenvalue weighted by molar-refractivity contribution is 0.567. The average molecular weight is 208 g/mol. The van der Waals surface area contributed by atoms with Crippen LogP contribution in [0.2, 0.25) is 0 Å². The number of benzene rings is 1. The van der Waals surface area contributed by atoms with E-state index >= 15 is 0 Å². The Kier molecular flexibility index (Phi) is 2.65. The van der Waals surface area contributed by atoms with E-state index in [0.29, 0.717) is 5.92 Å². The second kappa shape index (κ2) is 3.81. The summed E-state index contributed by atoms with van der Waals surface area (Å²) < 4.78 is 13.2. The van der Waals surface area contributed by atoms with Gasteiger partial charge in [0, 0.05) is 31.2 Å². The van der Waals surface area contributed by atoms with Crippen molar-refractivity contribution in [3.05, 3.63) is 29.6 Å². The third-order valence-electron chi connectivity index (χ3n) is 2.99. The van der Waals surface area contributed by atoms with E-state index in [1.807, 2.05) is 20.0 Å². The van der Waals surface area contributed by atoms with Gasteiger partial charge in [-0.05, 0) is 37.1 Å². The molecule has 0 aromatic heterocycles. The molecule has 1 aliphatic heterocycles. The van der Waals surface area contributed by atoms with E-state index in [2.05, 4.69) is 4.90 Å². The van der Waals surface area contributed by atoms with E-state index in [4.69, 9.17) is 5.73 Å². The first-order chi connectivity index (χ1) is 7.08. The summed E-state index contributed by atoms with van der Waals surface area (Å²) in [5, 5.41) is 0. The highest BCUT2D eigenvalue weighted by molar-refractivity contribution is 5.59. The minimum Gasteiger partial charge on any atom is -0.374 e. The van der Waals surface area contributed by atoms with Crippen LogP contribution in [0.5, 0.6) is 0 Å². The lowest BCUT2D eigenvalue weighted by Gasteiger charge is -2.14. The van der Waals surface area contributed by atoms with Crippen molar-refractivity contribution in [2.75, 3.05) is 18.5 Å². The van der Waals surface area contributed by atoms with Gasteiger partial charge in [0.05, 0.1) is 0 Å². The normalized spacial score (nSPS) is 21.6. The molecule has 1 heterocycles. The first kappa shape index (κ1) is 10.4. The molecule has 0 bridgehead atoms. The lowest BCUT2D eigenvalue weighted by atomic mass is 9.95. The van der Waals surface area contributed by atoms with E-state index in [0.717, 1.165) is 24.2 Å². The highest BCUT2D eigenvalue weighted by Gasteiger charge is 2.27. The molecule has 2 atom stereocenters. The zero-order valence-electron chi connectivity index (χ0n) is 9.20. The van der Waals surface area contributed by atoms with Gasteiger partial charge in [-0.2, -0.15) is 0 Å². The quantitative estimate of drug-likeness (QED) is 0.806. The Morgan fingerprint density at radius 1 is 1.60 bits per heavy atom. The van der Waals surface area contributed by atoms with Crippen LogP contribution in [-0.2, 0) is 0 Å². The number of fused-ring (bicyclic) bond motifs is 1. The molecule has 2 nitrogen and oxygen atoms in total. The van der Waals surface area contributed by atoms with E-state index in [9.17, 15) is 4.39 Å². The van der Waals surface area contributed by atoms with E-state index in [1.165, 1.54) is 6.07 Å². The maximum Gasteiger partial charge on any atom is 0.123 e. The zero-order chi connectivity index (χ0) is 11.0. The van der Waals surface area contributed by atoms with Crippen molar-refractivity contribution >= 4 is 5.69 Å². The van der Waals surface area contributed by atoms with Crippen LogP contribution in [0, 0.1) is 5.82 Å². The Labute approximate surface area is 89.9 Å². The fourth-order valence-electron chi connectivity index (χ4n) is 2.38. The van der Waals surface area contributed by atoms with E-state index in [-0.39, 0.29) is 11.9 Å². The second-order valence-corrected chi connectivity index (χ2v) is 4.49. The zero-order valence-corrected chi connectivity index (χ0v) is 9.20. The van der Waals surface area contributed by atoms with Crippen molar-refractivity contribution in [3.63, 3.8) is 0 Å². The van der Waals surface area contributed by atoms with Crippen molar-refractivity contribution in [2.45, 2.75) is 25.3 Å². The highest BCUT2D eigenvalue weighted by atomic mass is 19.1. The topological polar surface area (TPSA) is 29.3 Å². The van der Waals surface area contributed by atoms with Gasteiger partial charge in [0.15, 0.2) is 0 Å². The number of rotatable bonds is 2. The van der Waals surface area contributed by atoms with Crippen LogP contribution in [0.25, 0.3) is 0 Å². The van der Waals surface area contributed by atoms with Gasteiger partial charge in [0.1, 0.15) is 5.82 Å². The van der Waals surface area contributed by atoms with Crippen molar-refractivity contribution in [2.24, 2.45) is 5.73 Å². The molecule has 0 saturated carbocycles. The molecule has 0 fully saturated rings. The van der Waals surface area contributed by atoms with Crippen molar-refractivity contribution in [1.82, 2.24) is 0 Å². The Bertz CT molecular complexity index is 361. The van der Waals surface area contributed by atoms with Gasteiger partial charge >= 0.3 is 0 Å². The molecular formula is C12H17FN2. The van der Waals surface area contributed by atoms with Crippen LogP contribution in [0.1, 0.15) is 24.8 Å². The molecule has 2 unspecified atom stereocenters. The predicted octanol–water partition coefficient (Wildman–Crippen LogP) is 2.10. The first-order valence-electron chi connectivity index (χ1n) is 5.34. The van der Waals surface area contributed by atoms with Crippen LogP contribution in [-0.4, -0.2) is 19.6 Å². The summed E-state index contributed by atoms with van der Waals surface area (Å²) in [7, 11) is 2.04. The fraction of sp³-hybridized carbons (Fsp3) is 0.500. The molecule has 0 saturated heterocycles. The van der Waals surface area contributed by atoms with Crippen LogP contribution in [0.15, 0.2) is 18.2 Å². The molecule has 1 aromatic carbocycles. The van der Waals surface area contributed by atoms with Gasteiger partial charge in [-0.15, -0.1) is 0 Å². The van der Waals surface area contributed by atoms with Crippen LogP contribution in [0.4, 0.5) is 10.1 Å². The maximum atomic E-state index is 13.2. The fourth-order valence-corrected chi connectivity index (χ4v) is 2.38. The van der Waals surface area contributed by atoms with Crippen molar-refractivity contribution < 1.29 is 4.39 Å². The van der Waals surface area contributed by atoms with Crippen LogP contribution < -0.4 is 10.6 Å². The van der Waals surface area contributed by atoms with Crippen LogP contribution in [0.3, 0.4) is 0 Å². The Balaban J connectivity index is 2.31. The Morgan fingerprint density at radius 2 is 2.33 bits per heavy atom. The van der Waals surface area contributed by atoms with Crippen LogP contribution >= 0.6 is 0 Å². The Hall–Kier alpha value is -1.09. The molecule has 0 amide bonds. The monoisotopic (exact) mass is 208 g/mol. The smallest absolute Gasteiger partial charge is 0.123 e. The van der Waals surface area contributed by atoms with Crippen molar-refractivity contribution in [1.29, 1.82) is 0 Å². The molecule has 1 aliphatic rings. The molecular weight excluding hydrogens is 191 g/mol. The average Bonchev–Trinajstić information content (AvgIpc) is 2.42. The summed E-state index contributed by atoms with van der Waals surface area (Å²) in [6.45, 7) is 2.94. The summed E-state index contributed by atoms with van der Waals surface area (Å²) in [4.78, 5) is 2.17. The summed E-state index contributed by atoms with van der Waals surface area (Å²) >= 11 is 0. The minimum absolute atomic E-state index is 0.154. The molecule has 2 rings (SSSR count). The number of anilines is 1. The summed E-state index contributed by atoms with van der Waals surface area (Å²) in [6.07, 6.45) is 0.917. The summed E-state index contributed by atoms with van der Waals surface area (Å²) in [5.41, 5.74) is 8.05. The molecule has 1 aromatic rings. The van der Waals surface area contributed by atoms with Gasteiger partial charge < -0.3 is 10.6 Å². The Morgan fingerprint density at radius 3 is 3.00 bits per heavy atom. The largest absolute Gasteiger partial charge is 0.374 e. The second-order valence-electron chi connectivity index (χ2n) is 4.49. The number of hydrogen-bond donors (Lipinski definition) is 1. The maximum absolute atomic E-state index is 13.2. The van der Waals surface area contributed by atoms with Gasteiger partial charge in [-0.25, -0.2) is 4.39 Å². The molecule has 0 spiro atoms. The number of halogens is 1. The number of nitrogens with zero attached hydrogens (tertiary/aromatic N) is 1. The SMILES string of the molecule is CC(N)CC1CN(C)c2ccc(F)cc21. The van der Waals surface area contributed by atoms with Crippen molar-refractivity contribution in [3.8, 4) is 0 Å². The molecule has 2 N–H and O–H groups in total. The van der Waals surface area contributed by atoms with Gasteiger partial charge in [-0.1, -0.05) is 0 Å². The van der Waals surface area contributed by atoms with E-state index < -0.39 is 0 Å². The summed E-state index contributed by atoms with van der Waals surface area (Å²) in [5.74, 6) is 0.222.